The second kappa shape index (κ2) is 7.46. The number of imidazole rings is 1. The Kier molecular flexibility index (Phi) is 4.59. The number of fused-ring (bicyclic) bond motifs is 1. The largest absolute Gasteiger partial charge is 0.507 e. The van der Waals surface area contributed by atoms with E-state index in [4.69, 9.17) is 0 Å². The molecule has 2 N–H and O–H groups in total. The number of amides is 1. The number of aryl methyl sites for hydroxylation is 2. The van der Waals surface area contributed by atoms with Crippen molar-refractivity contribution in [2.75, 3.05) is 4.90 Å². The van der Waals surface area contributed by atoms with E-state index in [1.165, 1.54) is 4.90 Å². The predicted molar refractivity (Wildman–Crippen MR) is 121 cm³/mol. The summed E-state index contributed by atoms with van der Waals surface area (Å²) < 4.78 is 0. The van der Waals surface area contributed by atoms with Crippen LogP contribution in [0.2, 0.25) is 0 Å². The molecule has 1 fully saturated rings. The Balaban J connectivity index is 1.73. The number of ketones is 1. The Bertz CT molecular complexity index is 1370. The number of aliphatic hydroxyl groups excluding tert-OH is 1. The lowest BCUT2D eigenvalue weighted by Crippen LogP contribution is -2.30. The van der Waals surface area contributed by atoms with Gasteiger partial charge in [-0.05, 0) is 60.9 Å². The number of hydrogen-bond acceptors (Lipinski definition) is 5. The molecule has 0 bridgehead atoms. The lowest BCUT2D eigenvalue weighted by molar-refractivity contribution is -0.132. The zero-order valence-electron chi connectivity index (χ0n) is 17.5. The van der Waals surface area contributed by atoms with E-state index in [0.717, 1.165) is 16.6 Å². The molecule has 32 heavy (non-hydrogen) atoms. The van der Waals surface area contributed by atoms with E-state index in [0.29, 0.717) is 16.6 Å². The first-order chi connectivity index (χ1) is 15.5. The summed E-state index contributed by atoms with van der Waals surface area (Å²) in [7, 11) is 0. The van der Waals surface area contributed by atoms with Crippen LogP contribution in [0.4, 0.5) is 5.95 Å². The molecule has 0 aliphatic carbocycles. The van der Waals surface area contributed by atoms with Crippen LogP contribution in [0.3, 0.4) is 0 Å². The van der Waals surface area contributed by atoms with Crippen molar-refractivity contribution in [2.45, 2.75) is 19.9 Å². The van der Waals surface area contributed by atoms with Crippen LogP contribution in [0.5, 0.6) is 0 Å². The number of H-pyrrole nitrogens is 1. The topological polar surface area (TPSA) is 99.2 Å². The maximum Gasteiger partial charge on any atom is 0.302 e. The number of aromatic amines is 1. The van der Waals surface area contributed by atoms with Gasteiger partial charge in [0.2, 0.25) is 5.95 Å². The molecule has 1 saturated heterocycles. The summed E-state index contributed by atoms with van der Waals surface area (Å²) in [5.74, 6) is -1.49. The van der Waals surface area contributed by atoms with E-state index >= 15 is 0 Å². The minimum absolute atomic E-state index is 0.0184. The molecule has 1 aliphatic rings. The molecule has 7 nitrogen and oxygen atoms in total. The van der Waals surface area contributed by atoms with Crippen molar-refractivity contribution >= 4 is 34.4 Å². The number of carbonyl (C=O) groups excluding carboxylic acids is 2. The Morgan fingerprint density at radius 3 is 2.47 bits per heavy atom. The minimum atomic E-state index is -0.847. The second-order valence-electron chi connectivity index (χ2n) is 7.83. The Hall–Kier alpha value is -4.26. The Morgan fingerprint density at radius 2 is 1.75 bits per heavy atom. The van der Waals surface area contributed by atoms with Gasteiger partial charge in [0, 0.05) is 18.0 Å². The average Bonchev–Trinajstić information content (AvgIpc) is 3.34. The number of para-hydroxylation sites is 2. The third kappa shape index (κ3) is 3.06. The summed E-state index contributed by atoms with van der Waals surface area (Å²) >= 11 is 0. The number of Topliss-reactive ketones (excluding diaryl/α,β-unsaturated/α-hetero) is 1. The molecule has 0 saturated carbocycles. The van der Waals surface area contributed by atoms with Gasteiger partial charge in [0.25, 0.3) is 5.78 Å². The number of anilines is 1. The van der Waals surface area contributed by atoms with E-state index in [1.54, 1.807) is 30.6 Å². The third-order valence-corrected chi connectivity index (χ3v) is 5.85. The zero-order valence-corrected chi connectivity index (χ0v) is 17.5. The molecular formula is C25H20N4O3. The summed E-state index contributed by atoms with van der Waals surface area (Å²) in [5.41, 5.74) is 4.60. The lowest BCUT2D eigenvalue weighted by atomic mass is 9.95. The van der Waals surface area contributed by atoms with Gasteiger partial charge in [0.1, 0.15) is 5.76 Å². The van der Waals surface area contributed by atoms with Gasteiger partial charge in [-0.2, -0.15) is 0 Å². The van der Waals surface area contributed by atoms with Crippen molar-refractivity contribution < 1.29 is 14.7 Å². The highest BCUT2D eigenvalue weighted by molar-refractivity contribution is 6.51. The minimum Gasteiger partial charge on any atom is -0.507 e. The highest BCUT2D eigenvalue weighted by atomic mass is 16.3. The lowest BCUT2D eigenvalue weighted by Gasteiger charge is -2.22. The Labute approximate surface area is 184 Å². The van der Waals surface area contributed by atoms with Gasteiger partial charge in [0.15, 0.2) is 0 Å². The van der Waals surface area contributed by atoms with Crippen LogP contribution in [-0.2, 0) is 9.59 Å². The fourth-order valence-electron chi connectivity index (χ4n) is 4.01. The molecule has 3 heterocycles. The van der Waals surface area contributed by atoms with E-state index in [1.807, 2.05) is 50.2 Å². The van der Waals surface area contributed by atoms with Crippen LogP contribution in [0.1, 0.15) is 28.3 Å². The summed E-state index contributed by atoms with van der Waals surface area (Å²) in [4.78, 5) is 39.4. The van der Waals surface area contributed by atoms with E-state index in [9.17, 15) is 14.7 Å². The van der Waals surface area contributed by atoms with Crippen molar-refractivity contribution in [3.8, 4) is 0 Å². The summed E-state index contributed by atoms with van der Waals surface area (Å²) in [6.45, 7) is 3.90. The average molecular weight is 424 g/mol. The van der Waals surface area contributed by atoms with E-state index in [-0.39, 0.29) is 17.3 Å². The van der Waals surface area contributed by atoms with Crippen LogP contribution in [0, 0.1) is 13.8 Å². The Morgan fingerprint density at radius 1 is 1.00 bits per heavy atom. The van der Waals surface area contributed by atoms with E-state index < -0.39 is 17.7 Å². The molecule has 2 aromatic heterocycles. The number of benzene rings is 2. The summed E-state index contributed by atoms with van der Waals surface area (Å²) in [6, 6.07) is 15.4. The number of aromatic nitrogens is 3. The SMILES string of the molecule is Cc1ccc(/C(O)=C2\C(=O)C(=O)N(c3nc4ccccc4[nH]3)C2c2ccncc2)cc1C. The monoisotopic (exact) mass is 424 g/mol. The fourth-order valence-corrected chi connectivity index (χ4v) is 4.01. The van der Waals surface area contributed by atoms with Crippen LogP contribution in [0.25, 0.3) is 16.8 Å². The molecule has 7 heteroatoms. The van der Waals surface area contributed by atoms with Crippen LogP contribution in [-0.4, -0.2) is 31.7 Å². The molecule has 1 aliphatic heterocycles. The molecule has 158 valence electrons. The van der Waals surface area contributed by atoms with Crippen LogP contribution < -0.4 is 4.90 Å². The fraction of sp³-hybridized carbons (Fsp3) is 0.120. The third-order valence-electron chi connectivity index (χ3n) is 5.85. The molecular weight excluding hydrogens is 404 g/mol. The molecule has 4 aromatic rings. The van der Waals surface area contributed by atoms with Gasteiger partial charge < -0.3 is 10.1 Å². The molecule has 1 amide bonds. The summed E-state index contributed by atoms with van der Waals surface area (Å²) in [5, 5.41) is 11.2. The van der Waals surface area contributed by atoms with Crippen LogP contribution >= 0.6 is 0 Å². The number of carbonyl (C=O) groups is 2. The van der Waals surface area contributed by atoms with Crippen molar-refractivity contribution in [2.24, 2.45) is 0 Å². The summed E-state index contributed by atoms with van der Waals surface area (Å²) in [6.07, 6.45) is 3.17. The molecule has 0 spiro atoms. The smallest absolute Gasteiger partial charge is 0.302 e. The number of aliphatic hydroxyl groups is 1. The number of pyridine rings is 1. The molecule has 0 radical (unpaired) electrons. The number of rotatable bonds is 3. The van der Waals surface area contributed by atoms with Gasteiger partial charge in [-0.25, -0.2) is 4.98 Å². The maximum absolute atomic E-state index is 13.2. The van der Waals surface area contributed by atoms with E-state index in [2.05, 4.69) is 15.0 Å². The highest BCUT2D eigenvalue weighted by Gasteiger charge is 2.48. The number of nitrogens with one attached hydrogen (secondary N) is 1. The van der Waals surface area contributed by atoms with Crippen molar-refractivity contribution in [1.29, 1.82) is 0 Å². The quantitative estimate of drug-likeness (QED) is 0.292. The molecule has 1 atom stereocenters. The first kappa shape index (κ1) is 19.7. The van der Waals surface area contributed by atoms with Gasteiger partial charge in [-0.15, -0.1) is 0 Å². The van der Waals surface area contributed by atoms with Gasteiger partial charge in [0.05, 0.1) is 22.6 Å². The molecule has 2 aromatic carbocycles. The molecule has 5 rings (SSSR count). The van der Waals surface area contributed by atoms with Crippen molar-refractivity contribution in [3.05, 3.63) is 94.8 Å². The first-order valence-electron chi connectivity index (χ1n) is 10.2. The predicted octanol–water partition coefficient (Wildman–Crippen LogP) is 4.20. The zero-order chi connectivity index (χ0) is 22.4. The highest BCUT2D eigenvalue weighted by Crippen LogP contribution is 2.41. The molecule has 1 unspecified atom stereocenters. The maximum atomic E-state index is 13.2. The van der Waals surface area contributed by atoms with Crippen molar-refractivity contribution in [1.82, 2.24) is 15.0 Å². The second-order valence-corrected chi connectivity index (χ2v) is 7.83. The number of hydrogen-bond donors (Lipinski definition) is 2. The standard InChI is InChI=1S/C25H20N4O3/c1-14-7-8-17(13-15(14)2)22(30)20-21(16-9-11-26-12-10-16)29(24(32)23(20)31)25-27-18-5-3-4-6-19(18)28-25/h3-13,21,30H,1-2H3,(H,27,28)/b22-20+. The number of nitrogens with zero attached hydrogens (tertiary/aromatic N) is 3. The van der Waals surface area contributed by atoms with Gasteiger partial charge >= 0.3 is 5.91 Å². The van der Waals surface area contributed by atoms with Crippen molar-refractivity contribution in [3.63, 3.8) is 0 Å². The van der Waals surface area contributed by atoms with Gasteiger partial charge in [-0.3, -0.25) is 19.5 Å². The van der Waals surface area contributed by atoms with Crippen LogP contribution in [0.15, 0.2) is 72.6 Å². The first-order valence-corrected chi connectivity index (χ1v) is 10.2. The van der Waals surface area contributed by atoms with Gasteiger partial charge in [-0.1, -0.05) is 24.3 Å². The normalized spacial score (nSPS) is 17.9.